The van der Waals surface area contributed by atoms with Crippen LogP contribution in [0.15, 0.2) is 12.1 Å². The lowest BCUT2D eigenvalue weighted by molar-refractivity contribution is 0.511. The first kappa shape index (κ1) is 8.47. The summed E-state index contributed by atoms with van der Waals surface area (Å²) in [5.74, 6) is -2.07. The summed E-state index contributed by atoms with van der Waals surface area (Å²) in [6.45, 7) is 0. The van der Waals surface area contributed by atoms with Gasteiger partial charge in [-0.05, 0) is 17.7 Å². The Morgan fingerprint density at radius 2 is 2.08 bits per heavy atom. The molecule has 0 heterocycles. The van der Waals surface area contributed by atoms with Crippen LogP contribution in [0.1, 0.15) is 5.56 Å². The summed E-state index contributed by atoms with van der Waals surface area (Å²) >= 11 is 0. The van der Waals surface area contributed by atoms with Crippen molar-refractivity contribution in [1.82, 2.24) is 0 Å². The summed E-state index contributed by atoms with van der Waals surface area (Å²) in [6.07, 6.45) is 0.0292. The van der Waals surface area contributed by atoms with Gasteiger partial charge in [-0.25, -0.2) is 8.78 Å². The van der Waals surface area contributed by atoms with Gasteiger partial charge in [0.05, 0.1) is 18.2 Å². The topological polar surface area (TPSA) is 49.8 Å². The highest BCUT2D eigenvalue weighted by Gasteiger charge is 2.07. The van der Waals surface area contributed by atoms with Gasteiger partial charge in [0.15, 0.2) is 11.6 Å². The van der Waals surface area contributed by atoms with Crippen molar-refractivity contribution in [1.29, 1.82) is 5.26 Å². The molecule has 0 radical (unpaired) electrons. The number of hydrogen-bond acceptors (Lipinski definition) is 2. The Kier molecular flexibility index (Phi) is 2.24. The minimum atomic E-state index is -1.06. The molecule has 62 valence electrons. The molecule has 1 aromatic rings. The van der Waals surface area contributed by atoms with Gasteiger partial charge in [-0.1, -0.05) is 0 Å². The third-order valence-corrected chi connectivity index (χ3v) is 1.40. The summed E-state index contributed by atoms with van der Waals surface area (Å²) in [7, 11) is 0. The molecule has 0 amide bonds. The fourth-order valence-electron chi connectivity index (χ4n) is 0.862. The number of halogens is 2. The molecule has 4 heteroatoms. The highest BCUT2D eigenvalue weighted by molar-refractivity contribution is 5.43. The van der Waals surface area contributed by atoms with E-state index in [9.17, 15) is 8.78 Å². The average molecular weight is 168 g/mol. The molecule has 1 rings (SSSR count). The zero-order chi connectivity index (χ0) is 9.14. The molecule has 12 heavy (non-hydrogen) atoms. The standard InChI is InChI=1S/C8H6F2N2/c9-6-3-5(1-2-11)4-7(12)8(6)10/h3-4H,1,12H2. The first-order valence-corrected chi connectivity index (χ1v) is 3.25. The van der Waals surface area contributed by atoms with Gasteiger partial charge in [0.25, 0.3) is 0 Å². The maximum atomic E-state index is 12.6. The molecule has 0 atom stereocenters. The van der Waals surface area contributed by atoms with Crippen molar-refractivity contribution in [3.63, 3.8) is 0 Å². The van der Waals surface area contributed by atoms with Crippen molar-refractivity contribution in [3.05, 3.63) is 29.3 Å². The SMILES string of the molecule is N#CCc1cc(N)c(F)c(F)c1. The minimum Gasteiger partial charge on any atom is -0.396 e. The van der Waals surface area contributed by atoms with E-state index < -0.39 is 11.6 Å². The highest BCUT2D eigenvalue weighted by atomic mass is 19.2. The number of rotatable bonds is 1. The van der Waals surface area contributed by atoms with Crippen LogP contribution in [0.25, 0.3) is 0 Å². The quantitative estimate of drug-likeness (QED) is 0.647. The molecule has 0 saturated heterocycles. The minimum absolute atomic E-state index is 0.0292. The van der Waals surface area contributed by atoms with Crippen molar-refractivity contribution in [3.8, 4) is 6.07 Å². The molecule has 1 aromatic carbocycles. The van der Waals surface area contributed by atoms with Gasteiger partial charge < -0.3 is 5.73 Å². The second-order valence-electron chi connectivity index (χ2n) is 2.32. The van der Waals surface area contributed by atoms with E-state index in [1.165, 1.54) is 6.07 Å². The third-order valence-electron chi connectivity index (χ3n) is 1.40. The normalized spacial score (nSPS) is 9.42. The molecule has 0 aromatic heterocycles. The summed E-state index contributed by atoms with van der Waals surface area (Å²) in [6, 6.07) is 4.03. The van der Waals surface area contributed by atoms with E-state index in [1.807, 2.05) is 6.07 Å². The van der Waals surface area contributed by atoms with E-state index in [-0.39, 0.29) is 12.1 Å². The molecule has 2 N–H and O–H groups in total. The zero-order valence-electron chi connectivity index (χ0n) is 6.14. The number of nitrogens with two attached hydrogens (primary N) is 1. The van der Waals surface area contributed by atoms with Crippen molar-refractivity contribution in [2.24, 2.45) is 0 Å². The van der Waals surface area contributed by atoms with Gasteiger partial charge >= 0.3 is 0 Å². The second kappa shape index (κ2) is 3.18. The molecular formula is C8H6F2N2. The van der Waals surface area contributed by atoms with Gasteiger partial charge in [-0.2, -0.15) is 5.26 Å². The smallest absolute Gasteiger partial charge is 0.181 e. The maximum absolute atomic E-state index is 12.6. The lowest BCUT2D eigenvalue weighted by Gasteiger charge is -2.00. The van der Waals surface area contributed by atoms with Crippen LogP contribution >= 0.6 is 0 Å². The maximum Gasteiger partial charge on any atom is 0.181 e. The Hall–Kier alpha value is -1.63. The lowest BCUT2D eigenvalue weighted by atomic mass is 10.1. The monoisotopic (exact) mass is 168 g/mol. The van der Waals surface area contributed by atoms with E-state index in [2.05, 4.69) is 0 Å². The molecule has 0 unspecified atom stereocenters. The van der Waals surface area contributed by atoms with Crippen LogP contribution in [-0.4, -0.2) is 0 Å². The Morgan fingerprint density at radius 1 is 1.42 bits per heavy atom. The molecule has 0 saturated carbocycles. The number of hydrogen-bond donors (Lipinski definition) is 1. The zero-order valence-corrected chi connectivity index (χ0v) is 6.14. The van der Waals surface area contributed by atoms with E-state index in [0.717, 1.165) is 6.07 Å². The molecule has 0 aliphatic heterocycles. The first-order chi connectivity index (χ1) is 5.65. The highest BCUT2D eigenvalue weighted by Crippen LogP contribution is 2.16. The van der Waals surface area contributed by atoms with E-state index in [4.69, 9.17) is 11.0 Å². The van der Waals surface area contributed by atoms with Crippen LogP contribution in [0, 0.1) is 23.0 Å². The summed E-state index contributed by atoms with van der Waals surface area (Å²) in [5, 5.41) is 8.26. The molecule has 2 nitrogen and oxygen atoms in total. The van der Waals surface area contributed by atoms with Gasteiger partial charge in [0, 0.05) is 0 Å². The van der Waals surface area contributed by atoms with Crippen LogP contribution in [0.4, 0.5) is 14.5 Å². The molecule has 0 fully saturated rings. The average Bonchev–Trinajstić information content (AvgIpc) is 2.01. The summed E-state index contributed by atoms with van der Waals surface area (Å²) in [5.41, 5.74) is 5.25. The summed E-state index contributed by atoms with van der Waals surface area (Å²) in [4.78, 5) is 0. The van der Waals surface area contributed by atoms with Crippen LogP contribution in [-0.2, 0) is 6.42 Å². The van der Waals surface area contributed by atoms with Crippen LogP contribution in [0.3, 0.4) is 0 Å². The molecule has 0 aliphatic rings. The number of anilines is 1. The Balaban J connectivity index is 3.14. The summed E-state index contributed by atoms with van der Waals surface area (Å²) < 4.78 is 25.2. The van der Waals surface area contributed by atoms with Crippen molar-refractivity contribution >= 4 is 5.69 Å². The lowest BCUT2D eigenvalue weighted by Crippen LogP contribution is -1.96. The van der Waals surface area contributed by atoms with Crippen LogP contribution < -0.4 is 5.73 Å². The first-order valence-electron chi connectivity index (χ1n) is 3.25. The third kappa shape index (κ3) is 1.51. The van der Waals surface area contributed by atoms with Crippen LogP contribution in [0.2, 0.25) is 0 Å². The largest absolute Gasteiger partial charge is 0.396 e. The fourth-order valence-corrected chi connectivity index (χ4v) is 0.862. The fraction of sp³-hybridized carbons (Fsp3) is 0.125. The molecule has 0 bridgehead atoms. The predicted octanol–water partition coefficient (Wildman–Crippen LogP) is 1.61. The van der Waals surface area contributed by atoms with E-state index in [1.54, 1.807) is 0 Å². The predicted molar refractivity (Wildman–Crippen MR) is 40.1 cm³/mol. The van der Waals surface area contributed by atoms with Gasteiger partial charge in [-0.15, -0.1) is 0 Å². The number of nitriles is 1. The van der Waals surface area contributed by atoms with Crippen molar-refractivity contribution < 1.29 is 8.78 Å². The van der Waals surface area contributed by atoms with Crippen LogP contribution in [0.5, 0.6) is 0 Å². The Labute approximate surface area is 68.2 Å². The van der Waals surface area contributed by atoms with E-state index in [0.29, 0.717) is 5.56 Å². The Morgan fingerprint density at radius 3 is 2.58 bits per heavy atom. The van der Waals surface area contributed by atoms with Gasteiger partial charge in [0.2, 0.25) is 0 Å². The van der Waals surface area contributed by atoms with E-state index >= 15 is 0 Å². The molecular weight excluding hydrogens is 162 g/mol. The van der Waals surface area contributed by atoms with Crippen molar-refractivity contribution in [2.45, 2.75) is 6.42 Å². The second-order valence-corrected chi connectivity index (χ2v) is 2.32. The Bertz CT molecular complexity index is 318. The molecule has 0 aliphatic carbocycles. The van der Waals surface area contributed by atoms with Crippen molar-refractivity contribution in [2.75, 3.05) is 5.73 Å². The number of nitrogen functional groups attached to an aromatic ring is 1. The number of nitrogens with zero attached hydrogens (tertiary/aromatic N) is 1. The van der Waals surface area contributed by atoms with Gasteiger partial charge in [0.1, 0.15) is 0 Å². The van der Waals surface area contributed by atoms with Gasteiger partial charge in [-0.3, -0.25) is 0 Å². The number of benzene rings is 1. The molecule has 0 spiro atoms.